The van der Waals surface area contributed by atoms with Gasteiger partial charge in [0.25, 0.3) is 0 Å². The molecule has 0 bridgehead atoms. The molecule has 2 atom stereocenters. The van der Waals surface area contributed by atoms with Crippen LogP contribution >= 0.6 is 11.3 Å². The Kier molecular flexibility index (Phi) is 8.14. The van der Waals surface area contributed by atoms with Gasteiger partial charge in [-0.15, -0.1) is 16.4 Å². The summed E-state index contributed by atoms with van der Waals surface area (Å²) in [4.78, 5) is 30.5. The second-order valence-corrected chi connectivity index (χ2v) is 11.0. The smallest absolute Gasteiger partial charge is 0.247 e. The third kappa shape index (κ3) is 5.95. The molecule has 1 saturated heterocycles. The molecule has 0 spiro atoms. The molecule has 2 amide bonds. The molecular formula is C29H33N5O3S. The van der Waals surface area contributed by atoms with Gasteiger partial charge in [0.2, 0.25) is 11.8 Å². The fourth-order valence-electron chi connectivity index (χ4n) is 4.80. The molecule has 2 unspecified atom stereocenters. The predicted octanol–water partition coefficient (Wildman–Crippen LogP) is 4.68. The van der Waals surface area contributed by atoms with Gasteiger partial charge in [0.15, 0.2) is 0 Å². The number of carbonyl (C=O) groups excluding carboxylic acids is 2. The minimum Gasteiger partial charge on any atom is -0.376 e. The first-order valence-corrected chi connectivity index (χ1v) is 14.0. The third-order valence-electron chi connectivity index (χ3n) is 6.94. The highest BCUT2D eigenvalue weighted by molar-refractivity contribution is 7.09. The SMILES string of the molecule is CC(C)c1ccc(C(C(=O)NCC2CCCO2)N(Cc2cccs2)C(=O)Cn2nnc3ccccc32)cc1. The second kappa shape index (κ2) is 11.9. The van der Waals surface area contributed by atoms with Crippen molar-refractivity contribution in [3.63, 3.8) is 0 Å². The van der Waals surface area contributed by atoms with E-state index in [1.165, 1.54) is 5.56 Å². The van der Waals surface area contributed by atoms with Crippen LogP contribution in [-0.4, -0.2) is 51.0 Å². The van der Waals surface area contributed by atoms with E-state index < -0.39 is 6.04 Å². The van der Waals surface area contributed by atoms with Gasteiger partial charge in [-0.25, -0.2) is 4.68 Å². The molecule has 2 aromatic heterocycles. The lowest BCUT2D eigenvalue weighted by Gasteiger charge is -2.31. The molecule has 1 aliphatic heterocycles. The predicted molar refractivity (Wildman–Crippen MR) is 148 cm³/mol. The van der Waals surface area contributed by atoms with Gasteiger partial charge in [-0.05, 0) is 53.5 Å². The van der Waals surface area contributed by atoms with E-state index in [9.17, 15) is 9.59 Å². The topological polar surface area (TPSA) is 89.4 Å². The number of fused-ring (bicyclic) bond motifs is 1. The zero-order chi connectivity index (χ0) is 26.5. The van der Waals surface area contributed by atoms with Gasteiger partial charge in [0.05, 0.1) is 18.2 Å². The van der Waals surface area contributed by atoms with E-state index >= 15 is 0 Å². The Morgan fingerprint density at radius 1 is 1.11 bits per heavy atom. The van der Waals surface area contributed by atoms with Crippen molar-refractivity contribution >= 4 is 34.2 Å². The summed E-state index contributed by atoms with van der Waals surface area (Å²) in [5.74, 6) is -0.0642. The fraction of sp³-hybridized carbons (Fsp3) is 0.379. The van der Waals surface area contributed by atoms with Crippen LogP contribution in [0.3, 0.4) is 0 Å². The molecular weight excluding hydrogens is 498 g/mol. The van der Waals surface area contributed by atoms with Crippen molar-refractivity contribution in [1.82, 2.24) is 25.2 Å². The lowest BCUT2D eigenvalue weighted by atomic mass is 9.97. The first kappa shape index (κ1) is 26.1. The highest BCUT2D eigenvalue weighted by atomic mass is 32.1. The minimum absolute atomic E-state index is 0.00544. The lowest BCUT2D eigenvalue weighted by molar-refractivity contribution is -0.142. The number of thiophene rings is 1. The second-order valence-electron chi connectivity index (χ2n) is 9.94. The van der Waals surface area contributed by atoms with Crippen molar-refractivity contribution in [1.29, 1.82) is 0 Å². The number of para-hydroxylation sites is 1. The number of amides is 2. The lowest BCUT2D eigenvalue weighted by Crippen LogP contribution is -2.46. The largest absolute Gasteiger partial charge is 0.376 e. The molecule has 0 radical (unpaired) electrons. The summed E-state index contributed by atoms with van der Waals surface area (Å²) in [5, 5.41) is 13.5. The number of hydrogen-bond donors (Lipinski definition) is 1. The molecule has 1 aliphatic rings. The van der Waals surface area contributed by atoms with E-state index in [1.54, 1.807) is 20.9 Å². The number of carbonyl (C=O) groups is 2. The maximum atomic E-state index is 14.0. The van der Waals surface area contributed by atoms with E-state index in [1.807, 2.05) is 66.0 Å². The van der Waals surface area contributed by atoms with Crippen molar-refractivity contribution in [2.45, 2.75) is 57.8 Å². The highest BCUT2D eigenvalue weighted by Crippen LogP contribution is 2.28. The first-order valence-electron chi connectivity index (χ1n) is 13.1. The normalized spacial score (nSPS) is 16.1. The number of rotatable bonds is 10. The van der Waals surface area contributed by atoms with Gasteiger partial charge in [-0.2, -0.15) is 0 Å². The maximum absolute atomic E-state index is 14.0. The number of nitrogens with one attached hydrogen (secondary N) is 1. The van der Waals surface area contributed by atoms with Crippen molar-refractivity contribution in [2.75, 3.05) is 13.2 Å². The number of aromatic nitrogens is 3. The Morgan fingerprint density at radius 3 is 2.61 bits per heavy atom. The Hall–Kier alpha value is -3.56. The van der Waals surface area contributed by atoms with Crippen LogP contribution in [0.4, 0.5) is 0 Å². The van der Waals surface area contributed by atoms with Gasteiger partial charge < -0.3 is 15.0 Å². The van der Waals surface area contributed by atoms with Crippen LogP contribution in [0.2, 0.25) is 0 Å². The van der Waals surface area contributed by atoms with Crippen LogP contribution in [-0.2, 0) is 27.4 Å². The molecule has 8 nitrogen and oxygen atoms in total. The minimum atomic E-state index is -0.804. The molecule has 4 aromatic rings. The summed E-state index contributed by atoms with van der Waals surface area (Å²) >= 11 is 1.56. The highest BCUT2D eigenvalue weighted by Gasteiger charge is 2.33. The summed E-state index contributed by atoms with van der Waals surface area (Å²) in [7, 11) is 0. The standard InChI is InChI=1S/C29H33N5O3S/c1-20(2)21-11-13-22(14-12-21)28(29(36)30-17-23-7-5-15-37-23)33(18-24-8-6-16-38-24)27(35)19-34-26-10-4-3-9-25(26)31-32-34/h3-4,6,8-14,16,20,23,28H,5,7,15,17-19H2,1-2H3,(H,30,36). The van der Waals surface area contributed by atoms with E-state index in [0.29, 0.717) is 19.0 Å². The first-order chi connectivity index (χ1) is 18.5. The summed E-state index contributed by atoms with van der Waals surface area (Å²) in [6, 6.07) is 18.7. The molecule has 198 valence electrons. The third-order valence-corrected chi connectivity index (χ3v) is 7.80. The van der Waals surface area contributed by atoms with Crippen LogP contribution < -0.4 is 5.32 Å². The van der Waals surface area contributed by atoms with E-state index in [-0.39, 0.29) is 24.5 Å². The number of nitrogens with zero attached hydrogens (tertiary/aromatic N) is 4. The van der Waals surface area contributed by atoms with Gasteiger partial charge in [0.1, 0.15) is 18.1 Å². The van der Waals surface area contributed by atoms with E-state index in [0.717, 1.165) is 40.9 Å². The summed E-state index contributed by atoms with van der Waals surface area (Å²) in [6.07, 6.45) is 1.92. The Morgan fingerprint density at radius 2 is 1.89 bits per heavy atom. The Balaban J connectivity index is 1.48. The maximum Gasteiger partial charge on any atom is 0.247 e. The van der Waals surface area contributed by atoms with Crippen LogP contribution in [0.15, 0.2) is 66.0 Å². The van der Waals surface area contributed by atoms with Gasteiger partial charge in [0, 0.05) is 18.0 Å². The quantitative estimate of drug-likeness (QED) is 0.321. The summed E-state index contributed by atoms with van der Waals surface area (Å²) < 4.78 is 7.32. The molecule has 3 heterocycles. The number of ether oxygens (including phenoxy) is 1. The summed E-state index contributed by atoms with van der Waals surface area (Å²) in [6.45, 7) is 5.70. The summed E-state index contributed by atoms with van der Waals surface area (Å²) in [5.41, 5.74) is 3.45. The molecule has 1 N–H and O–H groups in total. The van der Waals surface area contributed by atoms with E-state index in [4.69, 9.17) is 4.74 Å². The van der Waals surface area contributed by atoms with Crippen molar-refractivity contribution in [2.24, 2.45) is 0 Å². The van der Waals surface area contributed by atoms with Crippen molar-refractivity contribution in [3.05, 3.63) is 82.0 Å². The number of hydrogen-bond acceptors (Lipinski definition) is 6. The van der Waals surface area contributed by atoms with Gasteiger partial charge in [-0.3, -0.25) is 9.59 Å². The molecule has 0 aliphatic carbocycles. The zero-order valence-corrected chi connectivity index (χ0v) is 22.6. The molecule has 1 fully saturated rings. The van der Waals surface area contributed by atoms with Crippen molar-refractivity contribution < 1.29 is 14.3 Å². The molecule has 38 heavy (non-hydrogen) atoms. The monoisotopic (exact) mass is 531 g/mol. The van der Waals surface area contributed by atoms with E-state index in [2.05, 4.69) is 29.5 Å². The van der Waals surface area contributed by atoms with Crippen LogP contribution in [0.1, 0.15) is 54.7 Å². The Labute approximate surface area is 226 Å². The molecule has 9 heteroatoms. The Bertz CT molecular complexity index is 1360. The zero-order valence-electron chi connectivity index (χ0n) is 21.7. The average molecular weight is 532 g/mol. The van der Waals surface area contributed by atoms with Crippen LogP contribution in [0.5, 0.6) is 0 Å². The molecule has 2 aromatic carbocycles. The van der Waals surface area contributed by atoms with Crippen molar-refractivity contribution in [3.8, 4) is 0 Å². The van der Waals surface area contributed by atoms with Gasteiger partial charge in [-0.1, -0.05) is 61.5 Å². The van der Waals surface area contributed by atoms with Crippen LogP contribution in [0, 0.1) is 0 Å². The molecule has 0 saturated carbocycles. The van der Waals surface area contributed by atoms with Crippen LogP contribution in [0.25, 0.3) is 11.0 Å². The fourth-order valence-corrected chi connectivity index (χ4v) is 5.50. The molecule has 5 rings (SSSR count). The number of benzene rings is 2. The van der Waals surface area contributed by atoms with Gasteiger partial charge >= 0.3 is 0 Å². The average Bonchev–Trinajstić information content (AvgIpc) is 3.71.